The number of para-hydroxylation sites is 1. The molecule has 0 radical (unpaired) electrons. The molecule has 0 aromatic heterocycles. The van der Waals surface area contributed by atoms with Gasteiger partial charge in [-0.1, -0.05) is 12.1 Å². The van der Waals surface area contributed by atoms with Crippen LogP contribution in [0.1, 0.15) is 18.4 Å². The number of likely N-dealkylation sites (tertiary alicyclic amines) is 1. The lowest BCUT2D eigenvalue weighted by Crippen LogP contribution is -2.33. The predicted octanol–water partition coefficient (Wildman–Crippen LogP) is 1.20. The number of nitrogens with one attached hydrogen (secondary N) is 1. The van der Waals surface area contributed by atoms with Crippen LogP contribution in [0.3, 0.4) is 0 Å². The Hall–Kier alpha value is -1.90. The Morgan fingerprint density at radius 3 is 2.95 bits per heavy atom. The van der Waals surface area contributed by atoms with Crippen molar-refractivity contribution in [3.05, 3.63) is 29.8 Å². The highest BCUT2D eigenvalue weighted by molar-refractivity contribution is 5.93. The van der Waals surface area contributed by atoms with E-state index < -0.39 is 0 Å². The van der Waals surface area contributed by atoms with Crippen molar-refractivity contribution in [1.82, 2.24) is 4.90 Å². The number of fused-ring (bicyclic) bond motifs is 1. The zero-order valence-corrected chi connectivity index (χ0v) is 11.8. The molecule has 21 heavy (non-hydrogen) atoms. The van der Waals surface area contributed by atoms with Crippen molar-refractivity contribution in [3.63, 3.8) is 0 Å². The Bertz CT molecular complexity index is 581. The van der Waals surface area contributed by atoms with Gasteiger partial charge in [0.1, 0.15) is 6.07 Å². The number of hydrogen-bond acceptors (Lipinski definition) is 4. The summed E-state index contributed by atoms with van der Waals surface area (Å²) in [6, 6.07) is 9.07. The van der Waals surface area contributed by atoms with Gasteiger partial charge in [0.05, 0.1) is 23.9 Å². The van der Waals surface area contributed by atoms with Crippen LogP contribution in [0.5, 0.6) is 0 Å². The third-order valence-corrected chi connectivity index (χ3v) is 4.58. The molecule has 1 aliphatic heterocycles. The number of aliphatic hydroxyl groups is 1. The molecular weight excluding hydrogens is 266 g/mol. The van der Waals surface area contributed by atoms with E-state index in [0.29, 0.717) is 29.6 Å². The summed E-state index contributed by atoms with van der Waals surface area (Å²) in [4.78, 5) is 14.2. The Balaban J connectivity index is 1.57. The van der Waals surface area contributed by atoms with Gasteiger partial charge >= 0.3 is 0 Å². The van der Waals surface area contributed by atoms with E-state index in [1.165, 1.54) is 0 Å². The van der Waals surface area contributed by atoms with Gasteiger partial charge in [-0.05, 0) is 30.9 Å². The molecule has 1 amide bonds. The van der Waals surface area contributed by atoms with Crippen molar-refractivity contribution in [2.24, 2.45) is 11.8 Å². The molecular formula is C16H19N3O2. The second-order valence-electron chi connectivity index (χ2n) is 5.97. The first-order valence-corrected chi connectivity index (χ1v) is 7.37. The number of nitrogens with zero attached hydrogens (tertiary/aromatic N) is 2. The van der Waals surface area contributed by atoms with Crippen molar-refractivity contribution in [1.29, 1.82) is 5.26 Å². The third-order valence-electron chi connectivity index (χ3n) is 4.58. The van der Waals surface area contributed by atoms with E-state index in [0.717, 1.165) is 25.9 Å². The molecule has 1 saturated carbocycles. The standard InChI is InChI=1S/C16H19N3O2/c17-7-11-3-1-2-4-14(11)18-16(21)10-19-8-12-5-6-15(20)13(12)9-19/h1-4,12-13,15,20H,5-6,8-10H2,(H,18,21). The summed E-state index contributed by atoms with van der Waals surface area (Å²) in [5, 5.41) is 21.7. The average molecular weight is 285 g/mol. The van der Waals surface area contributed by atoms with Crippen LogP contribution in [0, 0.1) is 23.2 Å². The van der Waals surface area contributed by atoms with Crippen LogP contribution in [0.25, 0.3) is 0 Å². The molecule has 1 aromatic carbocycles. The molecule has 110 valence electrons. The fourth-order valence-corrected chi connectivity index (χ4v) is 3.54. The molecule has 0 bridgehead atoms. The van der Waals surface area contributed by atoms with Gasteiger partial charge in [-0.2, -0.15) is 5.26 Å². The summed E-state index contributed by atoms with van der Waals surface area (Å²) in [5.74, 6) is 0.746. The van der Waals surface area contributed by atoms with Crippen LogP contribution >= 0.6 is 0 Å². The minimum Gasteiger partial charge on any atom is -0.393 e. The first-order valence-electron chi connectivity index (χ1n) is 7.37. The van der Waals surface area contributed by atoms with Crippen LogP contribution in [0.15, 0.2) is 24.3 Å². The van der Waals surface area contributed by atoms with Crippen molar-refractivity contribution in [2.45, 2.75) is 18.9 Å². The molecule has 2 fully saturated rings. The molecule has 5 heteroatoms. The number of amides is 1. The van der Waals surface area contributed by atoms with Crippen LogP contribution in [0.2, 0.25) is 0 Å². The number of nitriles is 1. The highest BCUT2D eigenvalue weighted by Crippen LogP contribution is 2.37. The smallest absolute Gasteiger partial charge is 0.238 e. The van der Waals surface area contributed by atoms with E-state index in [4.69, 9.17) is 5.26 Å². The van der Waals surface area contributed by atoms with E-state index in [1.54, 1.807) is 24.3 Å². The zero-order chi connectivity index (χ0) is 14.8. The Kier molecular flexibility index (Phi) is 3.91. The molecule has 1 aliphatic carbocycles. The van der Waals surface area contributed by atoms with Gasteiger partial charge in [0, 0.05) is 19.0 Å². The molecule has 1 aromatic rings. The van der Waals surface area contributed by atoms with Crippen molar-refractivity contribution < 1.29 is 9.90 Å². The number of rotatable bonds is 3. The first-order chi connectivity index (χ1) is 10.2. The lowest BCUT2D eigenvalue weighted by atomic mass is 10.00. The average Bonchev–Trinajstić information content (AvgIpc) is 3.01. The molecule has 1 heterocycles. The van der Waals surface area contributed by atoms with E-state index >= 15 is 0 Å². The van der Waals surface area contributed by atoms with Crippen LogP contribution in [0.4, 0.5) is 5.69 Å². The van der Waals surface area contributed by atoms with Crippen LogP contribution in [-0.4, -0.2) is 41.7 Å². The number of anilines is 1. The third kappa shape index (κ3) is 2.92. The largest absolute Gasteiger partial charge is 0.393 e. The van der Waals surface area contributed by atoms with Crippen molar-refractivity contribution in [3.8, 4) is 6.07 Å². The lowest BCUT2D eigenvalue weighted by molar-refractivity contribution is -0.117. The van der Waals surface area contributed by atoms with Gasteiger partial charge in [-0.25, -0.2) is 0 Å². The van der Waals surface area contributed by atoms with Crippen LogP contribution < -0.4 is 5.32 Å². The normalized spacial score (nSPS) is 28.1. The van der Waals surface area contributed by atoms with Crippen molar-refractivity contribution in [2.75, 3.05) is 25.0 Å². The predicted molar refractivity (Wildman–Crippen MR) is 78.4 cm³/mol. The molecule has 3 unspecified atom stereocenters. The Morgan fingerprint density at radius 1 is 1.38 bits per heavy atom. The number of carbonyl (C=O) groups is 1. The Morgan fingerprint density at radius 2 is 2.19 bits per heavy atom. The molecule has 1 saturated heterocycles. The molecule has 0 spiro atoms. The number of carbonyl (C=O) groups excluding carboxylic acids is 1. The summed E-state index contributed by atoms with van der Waals surface area (Å²) in [6.45, 7) is 1.99. The maximum atomic E-state index is 12.1. The molecule has 2 aliphatic rings. The SMILES string of the molecule is N#Cc1ccccc1NC(=O)CN1CC2CCC(O)C2C1. The zero-order valence-electron chi connectivity index (χ0n) is 11.8. The first kappa shape index (κ1) is 14.1. The van der Waals surface area contributed by atoms with Gasteiger partial charge in [0.15, 0.2) is 0 Å². The topological polar surface area (TPSA) is 76.4 Å². The van der Waals surface area contributed by atoms with E-state index in [9.17, 15) is 9.90 Å². The second kappa shape index (κ2) is 5.84. The van der Waals surface area contributed by atoms with E-state index in [2.05, 4.69) is 16.3 Å². The van der Waals surface area contributed by atoms with Gasteiger partial charge in [-0.3, -0.25) is 9.69 Å². The lowest BCUT2D eigenvalue weighted by Gasteiger charge is -2.17. The van der Waals surface area contributed by atoms with Crippen LogP contribution in [-0.2, 0) is 4.79 Å². The van der Waals surface area contributed by atoms with Gasteiger partial charge in [-0.15, -0.1) is 0 Å². The maximum absolute atomic E-state index is 12.1. The fraction of sp³-hybridized carbons (Fsp3) is 0.500. The van der Waals surface area contributed by atoms with Gasteiger partial charge in [0.25, 0.3) is 0 Å². The van der Waals surface area contributed by atoms with Gasteiger partial charge < -0.3 is 10.4 Å². The quantitative estimate of drug-likeness (QED) is 0.875. The summed E-state index contributed by atoms with van der Waals surface area (Å²) in [7, 11) is 0. The van der Waals surface area contributed by atoms with E-state index in [1.807, 2.05) is 0 Å². The fourth-order valence-electron chi connectivity index (χ4n) is 3.54. The minimum absolute atomic E-state index is 0.104. The number of hydrogen-bond donors (Lipinski definition) is 2. The monoisotopic (exact) mass is 285 g/mol. The summed E-state index contributed by atoms with van der Waals surface area (Å²) < 4.78 is 0. The van der Waals surface area contributed by atoms with Gasteiger partial charge in [0.2, 0.25) is 5.91 Å². The summed E-state index contributed by atoms with van der Waals surface area (Å²) in [5.41, 5.74) is 1.03. The summed E-state index contributed by atoms with van der Waals surface area (Å²) in [6.07, 6.45) is 1.74. The number of aliphatic hydroxyl groups excluding tert-OH is 1. The molecule has 3 atom stereocenters. The maximum Gasteiger partial charge on any atom is 0.238 e. The summed E-state index contributed by atoms with van der Waals surface area (Å²) >= 11 is 0. The highest BCUT2D eigenvalue weighted by atomic mass is 16.3. The molecule has 3 rings (SSSR count). The Labute approximate surface area is 124 Å². The highest BCUT2D eigenvalue weighted by Gasteiger charge is 2.41. The van der Waals surface area contributed by atoms with Crippen molar-refractivity contribution >= 4 is 11.6 Å². The van der Waals surface area contributed by atoms with E-state index in [-0.39, 0.29) is 12.0 Å². The second-order valence-corrected chi connectivity index (χ2v) is 5.97. The number of benzene rings is 1. The molecule has 5 nitrogen and oxygen atoms in total. The minimum atomic E-state index is -0.206. The molecule has 2 N–H and O–H groups in total.